The molecule has 0 aliphatic carbocycles. The lowest BCUT2D eigenvalue weighted by atomic mass is 10.5. The molecule has 0 aliphatic rings. The van der Waals surface area contributed by atoms with Crippen LogP contribution in [-0.2, 0) is 6.54 Å². The zero-order chi connectivity index (χ0) is 10.1. The molecule has 0 saturated carbocycles. The van der Waals surface area contributed by atoms with E-state index < -0.39 is 18.3 Å². The van der Waals surface area contributed by atoms with Gasteiger partial charge in [0.15, 0.2) is 0 Å². The third-order valence-electron chi connectivity index (χ3n) is 1.20. The van der Waals surface area contributed by atoms with Crippen LogP contribution in [0.3, 0.4) is 0 Å². The van der Waals surface area contributed by atoms with Gasteiger partial charge in [0.25, 0.3) is 5.56 Å². The summed E-state index contributed by atoms with van der Waals surface area (Å²) in [7, 11) is 0. The van der Waals surface area contributed by atoms with Gasteiger partial charge < -0.3 is 0 Å². The summed E-state index contributed by atoms with van der Waals surface area (Å²) in [6, 6.07) is 0.827. The van der Waals surface area contributed by atoms with Crippen LogP contribution in [-0.4, -0.2) is 15.7 Å². The number of nitrogens with zero attached hydrogens (tertiary/aromatic N) is 2. The van der Waals surface area contributed by atoms with E-state index >= 15 is 0 Å². The Morgan fingerprint density at radius 1 is 1.54 bits per heavy atom. The van der Waals surface area contributed by atoms with Crippen LogP contribution in [0.25, 0.3) is 0 Å². The van der Waals surface area contributed by atoms with Crippen LogP contribution in [0.1, 0.15) is 0 Å². The molecule has 0 radical (unpaired) electrons. The fraction of sp³-hybridized carbons (Fsp3) is 0.333. The van der Waals surface area contributed by atoms with Crippen molar-refractivity contribution < 1.29 is 13.2 Å². The second-order valence-corrected chi connectivity index (χ2v) is 2.68. The quantitative estimate of drug-likeness (QED) is 0.661. The van der Waals surface area contributed by atoms with Crippen LogP contribution in [0, 0.1) is 0 Å². The molecule has 1 aromatic rings. The van der Waals surface area contributed by atoms with Crippen LogP contribution in [0.5, 0.6) is 0 Å². The number of hydrogen-bond donors (Lipinski definition) is 0. The van der Waals surface area contributed by atoms with Crippen LogP contribution >= 0.6 is 11.6 Å². The van der Waals surface area contributed by atoms with Gasteiger partial charge in [0.05, 0.1) is 6.33 Å². The van der Waals surface area contributed by atoms with Gasteiger partial charge in [-0.15, -0.1) is 0 Å². The predicted octanol–water partition coefficient (Wildman–Crippen LogP) is 1.46. The van der Waals surface area contributed by atoms with Crippen molar-refractivity contribution in [2.75, 3.05) is 0 Å². The van der Waals surface area contributed by atoms with Crippen molar-refractivity contribution in [2.24, 2.45) is 0 Å². The molecule has 0 atom stereocenters. The number of halogens is 4. The maximum atomic E-state index is 11.8. The average molecular weight is 213 g/mol. The fourth-order valence-electron chi connectivity index (χ4n) is 0.716. The van der Waals surface area contributed by atoms with E-state index in [1.54, 1.807) is 0 Å². The molecule has 0 unspecified atom stereocenters. The van der Waals surface area contributed by atoms with Gasteiger partial charge in [0.2, 0.25) is 0 Å². The average Bonchev–Trinajstić information content (AvgIpc) is 1.93. The Labute approximate surface area is 75.8 Å². The molecule has 0 aromatic carbocycles. The third-order valence-corrected chi connectivity index (χ3v) is 1.40. The van der Waals surface area contributed by atoms with Gasteiger partial charge in [-0.3, -0.25) is 9.36 Å². The van der Waals surface area contributed by atoms with Crippen LogP contribution in [0.2, 0.25) is 5.15 Å². The molecule has 0 amide bonds. The first kappa shape index (κ1) is 10.0. The monoisotopic (exact) mass is 212 g/mol. The summed E-state index contributed by atoms with van der Waals surface area (Å²) in [6.45, 7) is -1.35. The Bertz CT molecular complexity index is 360. The highest BCUT2D eigenvalue weighted by atomic mass is 35.5. The van der Waals surface area contributed by atoms with E-state index in [2.05, 4.69) is 4.98 Å². The van der Waals surface area contributed by atoms with Crippen molar-refractivity contribution in [2.45, 2.75) is 12.7 Å². The first-order valence-corrected chi connectivity index (χ1v) is 3.55. The molecular formula is C6H4ClF3N2O. The Kier molecular flexibility index (Phi) is 2.60. The van der Waals surface area contributed by atoms with Crippen molar-refractivity contribution >= 4 is 11.6 Å². The molecule has 13 heavy (non-hydrogen) atoms. The van der Waals surface area contributed by atoms with Crippen molar-refractivity contribution in [1.82, 2.24) is 9.55 Å². The lowest BCUT2D eigenvalue weighted by molar-refractivity contribution is -0.141. The zero-order valence-electron chi connectivity index (χ0n) is 6.18. The van der Waals surface area contributed by atoms with Gasteiger partial charge in [-0.25, -0.2) is 4.98 Å². The molecule has 0 aliphatic heterocycles. The standard InChI is InChI=1S/C6H4ClF3N2O/c7-4-1-5(13)12(3-11-4)2-6(8,9)10/h1,3H,2H2. The molecule has 1 heterocycles. The van der Waals surface area contributed by atoms with Gasteiger partial charge in [-0.05, 0) is 0 Å². The largest absolute Gasteiger partial charge is 0.406 e. The summed E-state index contributed by atoms with van der Waals surface area (Å²) in [5, 5.41) is -0.122. The molecule has 1 aromatic heterocycles. The SMILES string of the molecule is O=c1cc(Cl)ncn1CC(F)(F)F. The highest BCUT2D eigenvalue weighted by Crippen LogP contribution is 2.16. The Morgan fingerprint density at radius 2 is 2.15 bits per heavy atom. The minimum Gasteiger partial charge on any atom is -0.290 e. The van der Waals surface area contributed by atoms with Gasteiger partial charge in [-0.1, -0.05) is 11.6 Å². The van der Waals surface area contributed by atoms with Crippen molar-refractivity contribution in [1.29, 1.82) is 0 Å². The molecule has 0 N–H and O–H groups in total. The summed E-state index contributed by atoms with van der Waals surface area (Å²) in [4.78, 5) is 14.2. The number of alkyl halides is 3. The summed E-state index contributed by atoms with van der Waals surface area (Å²) in [6.07, 6.45) is -3.67. The first-order valence-electron chi connectivity index (χ1n) is 3.17. The molecule has 3 nitrogen and oxygen atoms in total. The van der Waals surface area contributed by atoms with Crippen molar-refractivity contribution in [3.05, 3.63) is 27.9 Å². The Balaban J connectivity index is 2.98. The summed E-state index contributed by atoms with van der Waals surface area (Å²) < 4.78 is 35.8. The fourth-order valence-corrected chi connectivity index (χ4v) is 0.853. The summed E-state index contributed by atoms with van der Waals surface area (Å²) >= 11 is 5.28. The highest BCUT2D eigenvalue weighted by molar-refractivity contribution is 6.29. The highest BCUT2D eigenvalue weighted by Gasteiger charge is 2.28. The van der Waals surface area contributed by atoms with Crippen molar-refractivity contribution in [3.8, 4) is 0 Å². The molecule has 7 heteroatoms. The second kappa shape index (κ2) is 3.37. The molecule has 0 bridgehead atoms. The predicted molar refractivity (Wildman–Crippen MR) is 39.6 cm³/mol. The first-order chi connectivity index (χ1) is 5.88. The number of aromatic nitrogens is 2. The minimum atomic E-state index is -4.43. The lowest BCUT2D eigenvalue weighted by Crippen LogP contribution is -2.27. The van der Waals surface area contributed by atoms with Crippen LogP contribution < -0.4 is 5.56 Å². The molecule has 72 valence electrons. The normalized spacial score (nSPS) is 11.7. The summed E-state index contributed by atoms with van der Waals surface area (Å²) in [5.74, 6) is 0. The maximum Gasteiger partial charge on any atom is 0.406 e. The van der Waals surface area contributed by atoms with Gasteiger partial charge in [0, 0.05) is 6.07 Å². The molecular weight excluding hydrogens is 209 g/mol. The lowest BCUT2D eigenvalue weighted by Gasteiger charge is -2.07. The van der Waals surface area contributed by atoms with Crippen LogP contribution in [0.4, 0.5) is 13.2 Å². The topological polar surface area (TPSA) is 34.9 Å². The Morgan fingerprint density at radius 3 is 2.62 bits per heavy atom. The number of rotatable bonds is 1. The Hall–Kier alpha value is -1.04. The van der Waals surface area contributed by atoms with Gasteiger partial charge >= 0.3 is 6.18 Å². The van der Waals surface area contributed by atoms with E-state index in [1.807, 2.05) is 0 Å². The third kappa shape index (κ3) is 3.06. The summed E-state index contributed by atoms with van der Waals surface area (Å²) in [5.41, 5.74) is -0.822. The second-order valence-electron chi connectivity index (χ2n) is 2.29. The van der Waals surface area contributed by atoms with Crippen molar-refractivity contribution in [3.63, 3.8) is 0 Å². The van der Waals surface area contributed by atoms with Gasteiger partial charge in [-0.2, -0.15) is 13.2 Å². The van der Waals surface area contributed by atoms with E-state index in [9.17, 15) is 18.0 Å². The molecule has 0 spiro atoms. The van der Waals surface area contributed by atoms with Gasteiger partial charge in [0.1, 0.15) is 11.7 Å². The van der Waals surface area contributed by atoms with E-state index in [0.29, 0.717) is 4.57 Å². The minimum absolute atomic E-state index is 0.122. The molecule has 1 rings (SSSR count). The van der Waals surface area contributed by atoms with E-state index in [-0.39, 0.29) is 5.15 Å². The molecule has 0 fully saturated rings. The van der Waals surface area contributed by atoms with Crippen LogP contribution in [0.15, 0.2) is 17.2 Å². The van der Waals surface area contributed by atoms with E-state index in [1.165, 1.54) is 0 Å². The maximum absolute atomic E-state index is 11.8. The van der Waals surface area contributed by atoms with E-state index in [0.717, 1.165) is 12.4 Å². The zero-order valence-corrected chi connectivity index (χ0v) is 6.93. The number of hydrogen-bond acceptors (Lipinski definition) is 2. The van der Waals surface area contributed by atoms with E-state index in [4.69, 9.17) is 11.6 Å². The molecule has 0 saturated heterocycles. The smallest absolute Gasteiger partial charge is 0.290 e.